The smallest absolute Gasteiger partial charge is 0.0441 e. The highest BCUT2D eigenvalue weighted by atomic mass is 15.1. The molecule has 0 heterocycles. The fourth-order valence-electron chi connectivity index (χ4n) is 2.62. The van der Waals surface area contributed by atoms with E-state index in [4.69, 9.17) is 0 Å². The van der Waals surface area contributed by atoms with E-state index >= 15 is 0 Å². The van der Waals surface area contributed by atoms with Crippen LogP contribution < -0.4 is 4.90 Å². The zero-order valence-electron chi connectivity index (χ0n) is 9.25. The molecule has 3 rings (SSSR count). The number of hydrogen-bond acceptors (Lipinski definition) is 1. The number of nitrogens with zero attached hydrogens (tertiary/aromatic N) is 1. The minimum absolute atomic E-state index is 1.21. The van der Waals surface area contributed by atoms with E-state index in [0.717, 1.165) is 0 Å². The van der Waals surface area contributed by atoms with Crippen molar-refractivity contribution in [3.63, 3.8) is 0 Å². The molecule has 76 valence electrons. The molecule has 2 aromatic rings. The monoisotopic (exact) mass is 197 g/mol. The van der Waals surface area contributed by atoms with E-state index in [1.807, 2.05) is 0 Å². The Morgan fingerprint density at radius 1 is 0.933 bits per heavy atom. The molecule has 0 aromatic heterocycles. The lowest BCUT2D eigenvalue weighted by Gasteiger charge is -2.16. The molecule has 0 spiro atoms. The van der Waals surface area contributed by atoms with E-state index in [-0.39, 0.29) is 0 Å². The standard InChI is InChI=1S/C14H15N/c1-15(2)13-9-8-11-7-6-10-4-3-5-12(13)14(10)11/h3-5,8-9H,6-7H2,1-2H3. The first-order valence-corrected chi connectivity index (χ1v) is 5.48. The topological polar surface area (TPSA) is 3.24 Å². The van der Waals surface area contributed by atoms with Crippen molar-refractivity contribution in [2.45, 2.75) is 12.8 Å². The van der Waals surface area contributed by atoms with Gasteiger partial charge in [0.15, 0.2) is 0 Å². The van der Waals surface area contributed by atoms with Crippen LogP contribution >= 0.6 is 0 Å². The molecule has 0 atom stereocenters. The van der Waals surface area contributed by atoms with Gasteiger partial charge in [-0.05, 0) is 35.4 Å². The van der Waals surface area contributed by atoms with Crippen LogP contribution in [0.15, 0.2) is 30.3 Å². The van der Waals surface area contributed by atoms with Crippen LogP contribution in [0.3, 0.4) is 0 Å². The van der Waals surface area contributed by atoms with Crippen molar-refractivity contribution in [2.75, 3.05) is 19.0 Å². The minimum Gasteiger partial charge on any atom is -0.377 e. The van der Waals surface area contributed by atoms with Gasteiger partial charge in [-0.15, -0.1) is 0 Å². The van der Waals surface area contributed by atoms with Crippen LogP contribution in [0.2, 0.25) is 0 Å². The molecule has 0 aliphatic heterocycles. The number of anilines is 1. The average Bonchev–Trinajstić information content (AvgIpc) is 2.64. The number of rotatable bonds is 1. The zero-order chi connectivity index (χ0) is 10.4. The van der Waals surface area contributed by atoms with Crippen molar-refractivity contribution in [2.24, 2.45) is 0 Å². The summed E-state index contributed by atoms with van der Waals surface area (Å²) in [6, 6.07) is 11.2. The lowest BCUT2D eigenvalue weighted by molar-refractivity contribution is 1.02. The summed E-state index contributed by atoms with van der Waals surface area (Å²) < 4.78 is 0. The van der Waals surface area contributed by atoms with E-state index in [2.05, 4.69) is 49.3 Å². The van der Waals surface area contributed by atoms with E-state index in [9.17, 15) is 0 Å². The Bertz CT molecular complexity index is 516. The highest BCUT2D eigenvalue weighted by molar-refractivity contribution is 5.99. The molecule has 1 nitrogen and oxygen atoms in total. The van der Waals surface area contributed by atoms with Crippen molar-refractivity contribution >= 4 is 16.5 Å². The van der Waals surface area contributed by atoms with Crippen molar-refractivity contribution in [3.8, 4) is 0 Å². The zero-order valence-corrected chi connectivity index (χ0v) is 9.25. The molecule has 1 aliphatic carbocycles. The third kappa shape index (κ3) is 1.16. The van der Waals surface area contributed by atoms with Crippen molar-refractivity contribution in [1.29, 1.82) is 0 Å². The molecular weight excluding hydrogens is 182 g/mol. The van der Waals surface area contributed by atoms with Gasteiger partial charge >= 0.3 is 0 Å². The van der Waals surface area contributed by atoms with Crippen LogP contribution in [0.5, 0.6) is 0 Å². The summed E-state index contributed by atoms with van der Waals surface area (Å²) in [5, 5.41) is 2.91. The maximum atomic E-state index is 2.29. The summed E-state index contributed by atoms with van der Waals surface area (Å²) in [6.45, 7) is 0. The van der Waals surface area contributed by atoms with Crippen molar-refractivity contribution in [1.82, 2.24) is 0 Å². The largest absolute Gasteiger partial charge is 0.377 e. The van der Waals surface area contributed by atoms with E-state index < -0.39 is 0 Å². The quantitative estimate of drug-likeness (QED) is 0.679. The Kier molecular flexibility index (Phi) is 1.75. The van der Waals surface area contributed by atoms with Gasteiger partial charge in [0.05, 0.1) is 0 Å². The predicted octanol–water partition coefficient (Wildman–Crippen LogP) is 3.00. The number of hydrogen-bond donors (Lipinski definition) is 0. The van der Waals surface area contributed by atoms with Crippen LogP contribution in [0.1, 0.15) is 11.1 Å². The fraction of sp³-hybridized carbons (Fsp3) is 0.286. The summed E-state index contributed by atoms with van der Waals surface area (Å²) >= 11 is 0. The second-order valence-corrected chi connectivity index (χ2v) is 4.48. The number of benzene rings is 2. The molecule has 1 aliphatic rings. The molecular formula is C14H15N. The SMILES string of the molecule is CN(C)c1ccc2c3c(cccc13)CC2. The van der Waals surface area contributed by atoms with E-state index in [0.29, 0.717) is 0 Å². The normalized spacial score (nSPS) is 13.5. The minimum atomic E-state index is 1.21. The van der Waals surface area contributed by atoms with Gasteiger partial charge in [0.2, 0.25) is 0 Å². The fourth-order valence-corrected chi connectivity index (χ4v) is 2.62. The highest BCUT2D eigenvalue weighted by Crippen LogP contribution is 2.35. The third-order valence-electron chi connectivity index (χ3n) is 3.34. The van der Waals surface area contributed by atoms with Crippen LogP contribution in [-0.4, -0.2) is 14.1 Å². The first-order chi connectivity index (χ1) is 7.27. The third-order valence-corrected chi connectivity index (χ3v) is 3.34. The Labute approximate surface area is 90.3 Å². The first kappa shape index (κ1) is 8.78. The maximum Gasteiger partial charge on any atom is 0.0441 e. The molecule has 0 N–H and O–H groups in total. The highest BCUT2D eigenvalue weighted by Gasteiger charge is 2.15. The van der Waals surface area contributed by atoms with Gasteiger partial charge in [0, 0.05) is 25.2 Å². The Balaban J connectivity index is 2.43. The van der Waals surface area contributed by atoms with Gasteiger partial charge in [0.25, 0.3) is 0 Å². The number of aryl methyl sites for hydroxylation is 2. The molecule has 0 amide bonds. The molecule has 0 saturated heterocycles. The first-order valence-electron chi connectivity index (χ1n) is 5.48. The Morgan fingerprint density at radius 2 is 1.67 bits per heavy atom. The molecule has 0 saturated carbocycles. The van der Waals surface area contributed by atoms with Crippen LogP contribution in [0.4, 0.5) is 5.69 Å². The molecule has 2 aromatic carbocycles. The molecule has 15 heavy (non-hydrogen) atoms. The van der Waals surface area contributed by atoms with Crippen LogP contribution in [0, 0.1) is 0 Å². The Hall–Kier alpha value is -1.50. The summed E-state index contributed by atoms with van der Waals surface area (Å²) in [7, 11) is 4.22. The van der Waals surface area contributed by atoms with Gasteiger partial charge in [-0.25, -0.2) is 0 Å². The molecule has 0 radical (unpaired) electrons. The molecule has 0 bridgehead atoms. The van der Waals surface area contributed by atoms with Gasteiger partial charge in [0.1, 0.15) is 0 Å². The van der Waals surface area contributed by atoms with Crippen LogP contribution in [0.25, 0.3) is 10.8 Å². The second kappa shape index (κ2) is 2.99. The molecule has 0 fully saturated rings. The van der Waals surface area contributed by atoms with Crippen molar-refractivity contribution in [3.05, 3.63) is 41.5 Å². The van der Waals surface area contributed by atoms with Gasteiger partial charge in [-0.2, -0.15) is 0 Å². The van der Waals surface area contributed by atoms with Crippen molar-refractivity contribution < 1.29 is 0 Å². The molecule has 1 heteroatoms. The maximum absolute atomic E-state index is 2.29. The predicted molar refractivity (Wildman–Crippen MR) is 65.7 cm³/mol. The van der Waals surface area contributed by atoms with E-state index in [1.165, 1.54) is 40.4 Å². The molecule has 0 unspecified atom stereocenters. The average molecular weight is 197 g/mol. The lowest BCUT2D eigenvalue weighted by Crippen LogP contribution is -2.09. The summed E-state index contributed by atoms with van der Waals surface area (Å²) in [6.07, 6.45) is 2.42. The van der Waals surface area contributed by atoms with E-state index in [1.54, 1.807) is 0 Å². The summed E-state index contributed by atoms with van der Waals surface area (Å²) in [5.41, 5.74) is 4.37. The summed E-state index contributed by atoms with van der Waals surface area (Å²) in [5.74, 6) is 0. The van der Waals surface area contributed by atoms with Crippen LogP contribution in [-0.2, 0) is 12.8 Å². The Morgan fingerprint density at radius 3 is 2.40 bits per heavy atom. The van der Waals surface area contributed by atoms with Gasteiger partial charge in [-0.1, -0.05) is 24.3 Å². The van der Waals surface area contributed by atoms with Gasteiger partial charge in [-0.3, -0.25) is 0 Å². The van der Waals surface area contributed by atoms with Gasteiger partial charge < -0.3 is 4.90 Å². The second-order valence-electron chi connectivity index (χ2n) is 4.48. The summed E-state index contributed by atoms with van der Waals surface area (Å²) in [4.78, 5) is 2.20. The lowest BCUT2D eigenvalue weighted by atomic mass is 10.0.